The Morgan fingerprint density at radius 3 is 2.28 bits per heavy atom. The molecule has 0 spiro atoms. The number of para-hydroxylation sites is 1. The predicted molar refractivity (Wildman–Crippen MR) is 226 cm³/mol. The first-order valence-corrected chi connectivity index (χ1v) is 19.6. The van der Waals surface area contributed by atoms with E-state index in [2.05, 4.69) is 186 Å². The van der Waals surface area contributed by atoms with Gasteiger partial charge in [0.1, 0.15) is 0 Å². The van der Waals surface area contributed by atoms with Crippen LogP contribution in [0, 0.1) is 0 Å². The zero-order valence-corrected chi connectivity index (χ0v) is 30.5. The summed E-state index contributed by atoms with van der Waals surface area (Å²) in [6.45, 7) is 0. The molecular formula is C51H45N3. The van der Waals surface area contributed by atoms with E-state index in [4.69, 9.17) is 5.73 Å². The van der Waals surface area contributed by atoms with E-state index in [1.165, 1.54) is 66.5 Å². The summed E-state index contributed by atoms with van der Waals surface area (Å²) >= 11 is 0. The SMILES string of the molecule is NC(CC(Nc1ccc(N2C3=c4ccccc4=C4C=Cc5ccccc5C4C3c3ccccc32)cc1)c1ccc(C2C=CC=CC2)cc1)C1=CC=CCC1. The van der Waals surface area contributed by atoms with Crippen molar-refractivity contribution in [3.63, 3.8) is 0 Å². The summed E-state index contributed by atoms with van der Waals surface area (Å²) in [5.41, 5.74) is 21.3. The Kier molecular flexibility index (Phi) is 8.38. The van der Waals surface area contributed by atoms with Crippen molar-refractivity contribution in [3.8, 4) is 0 Å². The number of allylic oxidation sites excluding steroid dienone is 8. The average molecular weight is 700 g/mol. The van der Waals surface area contributed by atoms with Crippen LogP contribution in [-0.4, -0.2) is 6.04 Å². The van der Waals surface area contributed by atoms with E-state index in [1.54, 1.807) is 0 Å². The fourth-order valence-corrected chi connectivity index (χ4v) is 9.57. The minimum absolute atomic E-state index is 0.0138. The molecule has 1 aliphatic heterocycles. The van der Waals surface area contributed by atoms with Crippen molar-refractivity contribution in [2.45, 2.75) is 55.5 Å². The number of hydrogen-bond donors (Lipinski definition) is 2. The van der Waals surface area contributed by atoms with Gasteiger partial charge >= 0.3 is 0 Å². The Balaban J connectivity index is 1.01. The molecule has 264 valence electrons. The maximum absolute atomic E-state index is 6.94. The quantitative estimate of drug-likeness (QED) is 0.169. The first kappa shape index (κ1) is 32.7. The fourth-order valence-electron chi connectivity index (χ4n) is 9.57. The normalized spacial score (nSPS) is 21.4. The number of nitrogens with two attached hydrogens (primary N) is 1. The van der Waals surface area contributed by atoms with Crippen molar-refractivity contribution in [1.82, 2.24) is 0 Å². The second-order valence-electron chi connectivity index (χ2n) is 15.3. The highest BCUT2D eigenvalue weighted by atomic mass is 15.2. The van der Waals surface area contributed by atoms with Crippen LogP contribution in [0.15, 0.2) is 176 Å². The standard InChI is InChI=1S/C51H45N3/c52-46(37-16-5-2-6-17-37)33-47(38-25-23-35(24-26-38)34-13-3-1-4-14-34)53-39-28-30-40(31-29-39)54-48-22-12-11-21-45(48)50-49-41-18-8-7-15-36(41)27-32-43(49)42-19-9-10-20-44(42)51(50)54/h1-5,7-13,15-16,18-32,34,46-47,49-50,53H,6,14,17,33,52H2. The first-order chi connectivity index (χ1) is 26.7. The lowest BCUT2D eigenvalue weighted by atomic mass is 9.69. The Morgan fingerprint density at radius 2 is 1.48 bits per heavy atom. The van der Waals surface area contributed by atoms with Gasteiger partial charge in [0, 0.05) is 51.8 Å². The van der Waals surface area contributed by atoms with Gasteiger partial charge in [-0.25, -0.2) is 0 Å². The molecule has 0 radical (unpaired) electrons. The van der Waals surface area contributed by atoms with Gasteiger partial charge in [-0.15, -0.1) is 0 Å². The molecule has 3 nitrogen and oxygen atoms in total. The molecule has 0 saturated heterocycles. The molecule has 5 unspecified atom stereocenters. The first-order valence-electron chi connectivity index (χ1n) is 19.6. The Morgan fingerprint density at radius 1 is 0.704 bits per heavy atom. The molecule has 3 N–H and O–H groups in total. The van der Waals surface area contributed by atoms with Crippen LogP contribution in [0.2, 0.25) is 0 Å². The number of nitrogens with one attached hydrogen (secondary N) is 1. The highest BCUT2D eigenvalue weighted by Crippen LogP contribution is 2.57. The highest BCUT2D eigenvalue weighted by molar-refractivity contribution is 5.96. The van der Waals surface area contributed by atoms with Crippen LogP contribution in [0.25, 0.3) is 17.3 Å². The predicted octanol–water partition coefficient (Wildman–Crippen LogP) is 10.5. The summed E-state index contributed by atoms with van der Waals surface area (Å²) in [6.07, 6.45) is 24.1. The molecule has 0 bridgehead atoms. The number of nitrogens with zero attached hydrogens (tertiary/aromatic N) is 1. The van der Waals surface area contributed by atoms with Crippen molar-refractivity contribution in [2.75, 3.05) is 10.2 Å². The van der Waals surface area contributed by atoms with Crippen molar-refractivity contribution in [3.05, 3.63) is 214 Å². The van der Waals surface area contributed by atoms with Gasteiger partial charge in [-0.2, -0.15) is 0 Å². The molecular weight excluding hydrogens is 655 g/mol. The van der Waals surface area contributed by atoms with Gasteiger partial charge < -0.3 is 16.0 Å². The van der Waals surface area contributed by atoms with Gasteiger partial charge in [0.15, 0.2) is 0 Å². The largest absolute Gasteiger partial charge is 0.378 e. The van der Waals surface area contributed by atoms with Crippen molar-refractivity contribution in [1.29, 1.82) is 0 Å². The summed E-state index contributed by atoms with van der Waals surface area (Å²) in [5.74, 6) is 0.898. The molecule has 1 heterocycles. The zero-order chi connectivity index (χ0) is 36.0. The lowest BCUT2D eigenvalue weighted by Crippen LogP contribution is -2.40. The molecule has 0 amide bonds. The van der Waals surface area contributed by atoms with Gasteiger partial charge in [0.2, 0.25) is 0 Å². The van der Waals surface area contributed by atoms with E-state index < -0.39 is 0 Å². The maximum Gasteiger partial charge on any atom is 0.0531 e. The minimum atomic E-state index is -0.0138. The van der Waals surface area contributed by atoms with Gasteiger partial charge in [0.25, 0.3) is 0 Å². The van der Waals surface area contributed by atoms with E-state index >= 15 is 0 Å². The van der Waals surface area contributed by atoms with Crippen molar-refractivity contribution in [2.24, 2.45) is 5.73 Å². The van der Waals surface area contributed by atoms with Gasteiger partial charge in [0.05, 0.1) is 6.04 Å². The molecule has 5 aliphatic rings. The molecule has 3 heteroatoms. The van der Waals surface area contributed by atoms with Gasteiger partial charge in [-0.3, -0.25) is 0 Å². The molecule has 4 aliphatic carbocycles. The smallest absolute Gasteiger partial charge is 0.0531 e. The lowest BCUT2D eigenvalue weighted by molar-refractivity contribution is 0.594. The van der Waals surface area contributed by atoms with Crippen LogP contribution in [0.4, 0.5) is 17.1 Å². The van der Waals surface area contributed by atoms with Crippen molar-refractivity contribution >= 4 is 34.4 Å². The van der Waals surface area contributed by atoms with Crippen LogP contribution in [0.3, 0.4) is 0 Å². The van der Waals surface area contributed by atoms with E-state index in [0.717, 1.165) is 31.4 Å². The number of rotatable bonds is 8. The number of fused-ring (bicyclic) bond motifs is 8. The molecule has 5 aromatic rings. The lowest BCUT2D eigenvalue weighted by Gasteiger charge is -2.35. The van der Waals surface area contributed by atoms with E-state index in [0.29, 0.717) is 5.92 Å². The minimum Gasteiger partial charge on any atom is -0.378 e. The van der Waals surface area contributed by atoms with Crippen molar-refractivity contribution < 1.29 is 0 Å². The summed E-state index contributed by atoms with van der Waals surface area (Å²) < 4.78 is 0. The summed E-state index contributed by atoms with van der Waals surface area (Å²) in [6, 6.07) is 45.4. The molecule has 0 fully saturated rings. The Bertz CT molecular complexity index is 2510. The average Bonchev–Trinajstić information content (AvgIpc) is 3.59. The van der Waals surface area contributed by atoms with Gasteiger partial charge in [-0.1, -0.05) is 151 Å². The zero-order valence-electron chi connectivity index (χ0n) is 30.5. The fraction of sp³-hybridized carbons (Fsp3) is 0.176. The summed E-state index contributed by atoms with van der Waals surface area (Å²) in [5, 5.41) is 6.59. The molecule has 0 saturated carbocycles. The molecule has 54 heavy (non-hydrogen) atoms. The van der Waals surface area contributed by atoms with E-state index in [1.807, 2.05) is 0 Å². The molecule has 5 aromatic carbocycles. The third-order valence-electron chi connectivity index (χ3n) is 12.2. The third-order valence-corrected chi connectivity index (χ3v) is 12.2. The van der Waals surface area contributed by atoms with E-state index in [-0.39, 0.29) is 23.9 Å². The maximum atomic E-state index is 6.94. The molecule has 10 rings (SSSR count). The van der Waals surface area contributed by atoms with Crippen LogP contribution in [0.1, 0.15) is 77.3 Å². The second-order valence-corrected chi connectivity index (χ2v) is 15.3. The van der Waals surface area contributed by atoms with E-state index in [9.17, 15) is 0 Å². The summed E-state index contributed by atoms with van der Waals surface area (Å²) in [4.78, 5) is 2.53. The Labute approximate surface area is 318 Å². The number of hydrogen-bond acceptors (Lipinski definition) is 3. The topological polar surface area (TPSA) is 41.3 Å². The number of benzene rings is 5. The number of anilines is 3. The van der Waals surface area contributed by atoms with Crippen LogP contribution in [0.5, 0.6) is 0 Å². The van der Waals surface area contributed by atoms with Crippen LogP contribution < -0.4 is 26.4 Å². The molecule has 5 atom stereocenters. The third kappa shape index (κ3) is 5.71. The summed E-state index contributed by atoms with van der Waals surface area (Å²) in [7, 11) is 0. The van der Waals surface area contributed by atoms with Crippen LogP contribution in [-0.2, 0) is 0 Å². The monoisotopic (exact) mass is 699 g/mol. The Hall–Kier alpha value is -5.90. The molecule has 0 aromatic heterocycles. The second kappa shape index (κ2) is 13.8. The highest BCUT2D eigenvalue weighted by Gasteiger charge is 2.44. The van der Waals surface area contributed by atoms with Crippen LogP contribution >= 0.6 is 0 Å². The van der Waals surface area contributed by atoms with Gasteiger partial charge in [-0.05, 0) is 94.6 Å².